The van der Waals surface area contributed by atoms with Gasteiger partial charge in [-0.05, 0) is 30.2 Å². The van der Waals surface area contributed by atoms with Crippen LogP contribution in [0.1, 0.15) is 16.7 Å². The van der Waals surface area contributed by atoms with Gasteiger partial charge in [0.2, 0.25) is 0 Å². The standard InChI is InChI=1S/C15H17NO/c1-12-4-2-5-13(8-12)10-16-15-7-3-6-14(9-15)11-17/h2-9,16-17H,10-11H2,1H3. The van der Waals surface area contributed by atoms with Crippen molar-refractivity contribution in [3.63, 3.8) is 0 Å². The van der Waals surface area contributed by atoms with Crippen LogP contribution in [-0.4, -0.2) is 5.11 Å². The number of aliphatic hydroxyl groups excluding tert-OH is 1. The van der Waals surface area contributed by atoms with Gasteiger partial charge in [0, 0.05) is 12.2 Å². The van der Waals surface area contributed by atoms with Gasteiger partial charge in [0.25, 0.3) is 0 Å². The lowest BCUT2D eigenvalue weighted by Crippen LogP contribution is -2.00. The molecule has 2 N–H and O–H groups in total. The number of aryl methyl sites for hydroxylation is 1. The van der Waals surface area contributed by atoms with Crippen LogP contribution in [0, 0.1) is 6.92 Å². The Morgan fingerprint density at radius 1 is 1.00 bits per heavy atom. The monoisotopic (exact) mass is 227 g/mol. The predicted molar refractivity (Wildman–Crippen MR) is 70.9 cm³/mol. The number of hydrogen-bond acceptors (Lipinski definition) is 2. The van der Waals surface area contributed by atoms with E-state index in [2.05, 4.69) is 36.5 Å². The zero-order valence-corrected chi connectivity index (χ0v) is 9.98. The molecule has 0 aliphatic rings. The second-order valence-corrected chi connectivity index (χ2v) is 4.20. The Balaban J connectivity index is 2.02. The van der Waals surface area contributed by atoms with Gasteiger partial charge >= 0.3 is 0 Å². The SMILES string of the molecule is Cc1cccc(CNc2cccc(CO)c2)c1. The van der Waals surface area contributed by atoms with E-state index in [1.807, 2.05) is 24.3 Å². The highest BCUT2D eigenvalue weighted by atomic mass is 16.3. The summed E-state index contributed by atoms with van der Waals surface area (Å²) in [6.45, 7) is 2.98. The molecule has 2 heteroatoms. The summed E-state index contributed by atoms with van der Waals surface area (Å²) in [6.07, 6.45) is 0. The Bertz CT molecular complexity index is 494. The number of rotatable bonds is 4. The second kappa shape index (κ2) is 5.51. The molecule has 0 aliphatic carbocycles. The highest BCUT2D eigenvalue weighted by molar-refractivity contribution is 5.46. The summed E-state index contributed by atoms with van der Waals surface area (Å²) in [5, 5.41) is 12.4. The minimum Gasteiger partial charge on any atom is -0.392 e. The van der Waals surface area contributed by atoms with Crippen LogP contribution < -0.4 is 5.32 Å². The molecule has 0 saturated carbocycles. The Labute approximate surface area is 102 Å². The zero-order chi connectivity index (χ0) is 12.1. The van der Waals surface area contributed by atoms with Crippen molar-refractivity contribution in [3.05, 3.63) is 65.2 Å². The summed E-state index contributed by atoms with van der Waals surface area (Å²) in [6, 6.07) is 16.3. The van der Waals surface area contributed by atoms with Crippen molar-refractivity contribution in [2.24, 2.45) is 0 Å². The summed E-state index contributed by atoms with van der Waals surface area (Å²) >= 11 is 0. The Hall–Kier alpha value is -1.80. The first-order valence-electron chi connectivity index (χ1n) is 5.77. The van der Waals surface area contributed by atoms with Crippen LogP contribution in [0.25, 0.3) is 0 Å². The molecule has 0 atom stereocenters. The topological polar surface area (TPSA) is 32.3 Å². The lowest BCUT2D eigenvalue weighted by atomic mass is 10.1. The first-order chi connectivity index (χ1) is 8.28. The summed E-state index contributed by atoms with van der Waals surface area (Å²) in [7, 11) is 0. The van der Waals surface area contributed by atoms with Crippen LogP contribution in [0.4, 0.5) is 5.69 Å². The van der Waals surface area contributed by atoms with Gasteiger partial charge in [-0.2, -0.15) is 0 Å². The molecule has 0 aromatic heterocycles. The average molecular weight is 227 g/mol. The van der Waals surface area contributed by atoms with Crippen LogP contribution in [0.5, 0.6) is 0 Å². The van der Waals surface area contributed by atoms with Crippen LogP contribution in [0.3, 0.4) is 0 Å². The fourth-order valence-electron chi connectivity index (χ4n) is 1.81. The van der Waals surface area contributed by atoms with E-state index < -0.39 is 0 Å². The maximum absolute atomic E-state index is 9.06. The Morgan fingerprint density at radius 3 is 2.53 bits per heavy atom. The van der Waals surface area contributed by atoms with Crippen molar-refractivity contribution in [2.75, 3.05) is 5.32 Å². The molecule has 0 unspecified atom stereocenters. The molecule has 0 saturated heterocycles. The van der Waals surface area contributed by atoms with Gasteiger partial charge in [-0.25, -0.2) is 0 Å². The van der Waals surface area contributed by atoms with Crippen molar-refractivity contribution >= 4 is 5.69 Å². The van der Waals surface area contributed by atoms with Gasteiger partial charge in [0.1, 0.15) is 0 Å². The highest BCUT2D eigenvalue weighted by Gasteiger charge is 1.96. The predicted octanol–water partition coefficient (Wildman–Crippen LogP) is 3.10. The first kappa shape index (κ1) is 11.7. The van der Waals surface area contributed by atoms with E-state index in [-0.39, 0.29) is 6.61 Å². The van der Waals surface area contributed by atoms with Crippen molar-refractivity contribution in [2.45, 2.75) is 20.1 Å². The molecule has 88 valence electrons. The van der Waals surface area contributed by atoms with Crippen LogP contribution in [0.2, 0.25) is 0 Å². The van der Waals surface area contributed by atoms with E-state index in [4.69, 9.17) is 5.11 Å². The molecule has 2 aromatic rings. The summed E-state index contributed by atoms with van der Waals surface area (Å²) in [5.74, 6) is 0. The number of nitrogens with one attached hydrogen (secondary N) is 1. The van der Waals surface area contributed by atoms with Crippen molar-refractivity contribution in [3.8, 4) is 0 Å². The third-order valence-electron chi connectivity index (χ3n) is 2.69. The normalized spacial score (nSPS) is 10.2. The van der Waals surface area contributed by atoms with E-state index in [0.29, 0.717) is 0 Å². The Morgan fingerprint density at radius 2 is 1.76 bits per heavy atom. The molecule has 0 amide bonds. The maximum atomic E-state index is 9.06. The Kier molecular flexibility index (Phi) is 3.78. The van der Waals surface area contributed by atoms with Gasteiger partial charge in [-0.1, -0.05) is 42.0 Å². The molecule has 0 aliphatic heterocycles. The average Bonchev–Trinajstić information content (AvgIpc) is 2.37. The third-order valence-corrected chi connectivity index (χ3v) is 2.69. The van der Waals surface area contributed by atoms with E-state index in [1.54, 1.807) is 0 Å². The molecule has 0 bridgehead atoms. The zero-order valence-electron chi connectivity index (χ0n) is 9.98. The molecular weight excluding hydrogens is 210 g/mol. The van der Waals surface area contributed by atoms with Crippen molar-refractivity contribution in [1.29, 1.82) is 0 Å². The number of anilines is 1. The van der Waals surface area contributed by atoms with Gasteiger partial charge < -0.3 is 10.4 Å². The number of benzene rings is 2. The highest BCUT2D eigenvalue weighted by Crippen LogP contribution is 2.12. The smallest absolute Gasteiger partial charge is 0.0682 e. The molecule has 0 heterocycles. The van der Waals surface area contributed by atoms with Crippen molar-refractivity contribution < 1.29 is 5.11 Å². The molecular formula is C15H17NO. The van der Waals surface area contributed by atoms with Crippen LogP contribution in [-0.2, 0) is 13.2 Å². The van der Waals surface area contributed by atoms with Gasteiger partial charge in [-0.3, -0.25) is 0 Å². The molecule has 0 fully saturated rings. The largest absolute Gasteiger partial charge is 0.392 e. The van der Waals surface area contributed by atoms with E-state index in [1.165, 1.54) is 11.1 Å². The fourth-order valence-corrected chi connectivity index (χ4v) is 1.81. The molecule has 2 aromatic carbocycles. The summed E-state index contributed by atoms with van der Waals surface area (Å²) in [4.78, 5) is 0. The minimum absolute atomic E-state index is 0.0833. The van der Waals surface area contributed by atoms with E-state index in [0.717, 1.165) is 17.8 Å². The van der Waals surface area contributed by atoms with Gasteiger partial charge in [-0.15, -0.1) is 0 Å². The van der Waals surface area contributed by atoms with E-state index in [9.17, 15) is 0 Å². The van der Waals surface area contributed by atoms with Crippen LogP contribution in [0.15, 0.2) is 48.5 Å². The fraction of sp³-hybridized carbons (Fsp3) is 0.200. The molecule has 2 nitrogen and oxygen atoms in total. The lowest BCUT2D eigenvalue weighted by molar-refractivity contribution is 0.282. The first-order valence-corrected chi connectivity index (χ1v) is 5.77. The van der Waals surface area contributed by atoms with E-state index >= 15 is 0 Å². The lowest BCUT2D eigenvalue weighted by Gasteiger charge is -2.08. The molecule has 17 heavy (non-hydrogen) atoms. The van der Waals surface area contributed by atoms with Crippen LogP contribution >= 0.6 is 0 Å². The van der Waals surface area contributed by atoms with Gasteiger partial charge in [0.15, 0.2) is 0 Å². The molecule has 0 spiro atoms. The summed E-state index contributed by atoms with van der Waals surface area (Å²) < 4.78 is 0. The quantitative estimate of drug-likeness (QED) is 0.841. The summed E-state index contributed by atoms with van der Waals surface area (Å²) in [5.41, 5.74) is 4.50. The molecule has 2 rings (SSSR count). The minimum atomic E-state index is 0.0833. The maximum Gasteiger partial charge on any atom is 0.0682 e. The second-order valence-electron chi connectivity index (χ2n) is 4.20. The number of hydrogen-bond donors (Lipinski definition) is 2. The van der Waals surface area contributed by atoms with Crippen molar-refractivity contribution in [1.82, 2.24) is 0 Å². The van der Waals surface area contributed by atoms with Gasteiger partial charge in [0.05, 0.1) is 6.61 Å². The third kappa shape index (κ3) is 3.33. The number of aliphatic hydroxyl groups is 1. The molecule has 0 radical (unpaired) electrons.